The number of furan rings is 1. The molecule has 0 bridgehead atoms. The third-order valence-corrected chi connectivity index (χ3v) is 5.92. The molecule has 1 amide bonds. The topological polar surface area (TPSA) is 132 Å². The largest absolute Gasteiger partial charge is 0.468 e. The predicted octanol–water partition coefficient (Wildman–Crippen LogP) is 2.43. The van der Waals surface area contributed by atoms with Crippen molar-refractivity contribution in [1.29, 1.82) is 0 Å². The van der Waals surface area contributed by atoms with Gasteiger partial charge in [-0.25, -0.2) is 17.5 Å². The van der Waals surface area contributed by atoms with Crippen LogP contribution in [0.5, 0.6) is 0 Å². The molecule has 0 fully saturated rings. The molecule has 0 saturated heterocycles. The molecule has 32 heavy (non-hydrogen) atoms. The number of aromatic nitrogens is 4. The van der Waals surface area contributed by atoms with Crippen LogP contribution in [-0.4, -0.2) is 34.5 Å². The van der Waals surface area contributed by atoms with Gasteiger partial charge >= 0.3 is 0 Å². The van der Waals surface area contributed by atoms with Crippen LogP contribution in [-0.2, 0) is 16.6 Å². The van der Waals surface area contributed by atoms with Crippen LogP contribution >= 0.6 is 0 Å². The van der Waals surface area contributed by atoms with Crippen LogP contribution in [0.3, 0.4) is 0 Å². The van der Waals surface area contributed by atoms with Crippen LogP contribution < -0.4 is 10.0 Å². The number of anilines is 1. The number of aryl methyl sites for hydroxylation is 1. The highest BCUT2D eigenvalue weighted by atomic mass is 32.2. The van der Waals surface area contributed by atoms with Gasteiger partial charge in [-0.1, -0.05) is 0 Å². The van der Waals surface area contributed by atoms with E-state index in [1.165, 1.54) is 53.4 Å². The fraction of sp³-hybridized carbons (Fsp3) is 0.100. The van der Waals surface area contributed by atoms with E-state index >= 15 is 0 Å². The van der Waals surface area contributed by atoms with Gasteiger partial charge in [0.2, 0.25) is 10.0 Å². The number of carbonyl (C=O) groups excluding carboxylic acids is 1. The second-order valence-corrected chi connectivity index (χ2v) is 8.45. The molecule has 4 aromatic rings. The summed E-state index contributed by atoms with van der Waals surface area (Å²) in [5, 5.41) is 13.6. The van der Waals surface area contributed by atoms with E-state index in [1.807, 2.05) is 0 Å². The number of hydrogen-bond donors (Lipinski definition) is 2. The summed E-state index contributed by atoms with van der Waals surface area (Å²) in [5.74, 6) is -0.205. The van der Waals surface area contributed by atoms with Crippen molar-refractivity contribution in [1.82, 2.24) is 24.9 Å². The summed E-state index contributed by atoms with van der Waals surface area (Å²) in [6.07, 6.45) is 1.45. The highest BCUT2D eigenvalue weighted by Gasteiger charge is 2.16. The molecule has 0 aliphatic rings. The third-order valence-electron chi connectivity index (χ3n) is 4.50. The Morgan fingerprint density at radius 3 is 2.59 bits per heavy atom. The molecule has 0 aliphatic carbocycles. The summed E-state index contributed by atoms with van der Waals surface area (Å²) in [6.45, 7) is 1.62. The Morgan fingerprint density at radius 2 is 1.94 bits per heavy atom. The van der Waals surface area contributed by atoms with Gasteiger partial charge in [-0.05, 0) is 71.9 Å². The van der Waals surface area contributed by atoms with E-state index < -0.39 is 21.7 Å². The fourth-order valence-electron chi connectivity index (χ4n) is 2.86. The van der Waals surface area contributed by atoms with E-state index in [9.17, 15) is 17.6 Å². The summed E-state index contributed by atoms with van der Waals surface area (Å²) in [7, 11) is -3.78. The summed E-state index contributed by atoms with van der Waals surface area (Å²) < 4.78 is 47.7. The smallest absolute Gasteiger partial charge is 0.255 e. The van der Waals surface area contributed by atoms with Crippen molar-refractivity contribution in [3.63, 3.8) is 0 Å². The highest BCUT2D eigenvalue weighted by Crippen LogP contribution is 2.20. The summed E-state index contributed by atoms with van der Waals surface area (Å²) in [6, 6.07) is 12.7. The van der Waals surface area contributed by atoms with Crippen LogP contribution in [0.1, 0.15) is 21.9 Å². The lowest BCUT2D eigenvalue weighted by molar-refractivity contribution is 0.102. The molecule has 2 heterocycles. The minimum Gasteiger partial charge on any atom is -0.468 e. The SMILES string of the molecule is Cc1nnnn1-c1cc(NC(=O)c2ccc(S(=O)(=O)NCc3ccco3)cc2)ccc1F. The van der Waals surface area contributed by atoms with Gasteiger partial charge in [0.1, 0.15) is 17.3 Å². The van der Waals surface area contributed by atoms with E-state index in [1.54, 1.807) is 19.1 Å². The van der Waals surface area contributed by atoms with Crippen LogP contribution in [0.25, 0.3) is 5.69 Å². The van der Waals surface area contributed by atoms with Gasteiger partial charge < -0.3 is 9.73 Å². The Labute approximate surface area is 182 Å². The number of carbonyl (C=O) groups is 1. The Bertz CT molecular complexity index is 1350. The molecule has 0 unspecified atom stereocenters. The molecule has 0 saturated carbocycles. The molecule has 0 aliphatic heterocycles. The normalized spacial score (nSPS) is 11.4. The number of tetrazole rings is 1. The molecule has 164 valence electrons. The summed E-state index contributed by atoms with van der Waals surface area (Å²) in [4.78, 5) is 12.6. The van der Waals surface area contributed by atoms with E-state index in [4.69, 9.17) is 4.42 Å². The zero-order chi connectivity index (χ0) is 22.7. The number of nitrogens with zero attached hydrogens (tertiary/aromatic N) is 4. The summed E-state index contributed by atoms with van der Waals surface area (Å²) >= 11 is 0. The Kier molecular flexibility index (Phi) is 5.79. The molecule has 4 rings (SSSR count). The maximum atomic E-state index is 14.2. The quantitative estimate of drug-likeness (QED) is 0.436. The molecule has 0 radical (unpaired) electrons. The fourth-order valence-corrected chi connectivity index (χ4v) is 3.85. The van der Waals surface area contributed by atoms with E-state index in [0.29, 0.717) is 17.3 Å². The van der Waals surface area contributed by atoms with Crippen molar-refractivity contribution in [2.24, 2.45) is 0 Å². The molecule has 0 atom stereocenters. The molecule has 2 N–H and O–H groups in total. The monoisotopic (exact) mass is 456 g/mol. The second kappa shape index (κ2) is 8.69. The standard InChI is InChI=1S/C20H17FN6O4S/c1-13-24-25-26-27(13)19-11-15(6-9-18(19)21)23-20(28)14-4-7-17(8-5-14)32(29,30)22-12-16-3-2-10-31-16/h2-11,22H,12H2,1H3,(H,23,28). The lowest BCUT2D eigenvalue weighted by atomic mass is 10.2. The van der Waals surface area contributed by atoms with Crippen molar-refractivity contribution < 1.29 is 22.0 Å². The van der Waals surface area contributed by atoms with Crippen LogP contribution in [0.4, 0.5) is 10.1 Å². The second-order valence-electron chi connectivity index (χ2n) is 6.69. The number of halogens is 1. The number of nitrogens with one attached hydrogen (secondary N) is 2. The average Bonchev–Trinajstić information content (AvgIpc) is 3.45. The first-order chi connectivity index (χ1) is 15.3. The number of sulfonamides is 1. The van der Waals surface area contributed by atoms with Crippen LogP contribution in [0.2, 0.25) is 0 Å². The Balaban J connectivity index is 1.47. The lowest BCUT2D eigenvalue weighted by Crippen LogP contribution is -2.23. The van der Waals surface area contributed by atoms with Crippen molar-refractivity contribution >= 4 is 21.6 Å². The van der Waals surface area contributed by atoms with Crippen molar-refractivity contribution in [3.8, 4) is 5.69 Å². The van der Waals surface area contributed by atoms with Gasteiger partial charge in [-0.2, -0.15) is 4.68 Å². The lowest BCUT2D eigenvalue weighted by Gasteiger charge is -2.10. The number of rotatable bonds is 7. The van der Waals surface area contributed by atoms with E-state index in [-0.39, 0.29) is 22.7 Å². The molecule has 10 nitrogen and oxygen atoms in total. The molecule has 2 aromatic heterocycles. The Hall–Kier alpha value is -3.90. The van der Waals surface area contributed by atoms with Gasteiger partial charge in [0.05, 0.1) is 17.7 Å². The van der Waals surface area contributed by atoms with E-state index in [2.05, 4.69) is 25.6 Å². The first-order valence-electron chi connectivity index (χ1n) is 9.32. The van der Waals surface area contributed by atoms with Gasteiger partial charge in [0, 0.05) is 11.3 Å². The highest BCUT2D eigenvalue weighted by molar-refractivity contribution is 7.89. The number of amides is 1. The third kappa shape index (κ3) is 4.55. The molecule has 12 heteroatoms. The van der Waals surface area contributed by atoms with Gasteiger partial charge in [0.15, 0.2) is 5.82 Å². The van der Waals surface area contributed by atoms with Gasteiger partial charge in [-0.15, -0.1) is 5.10 Å². The molecule has 0 spiro atoms. The maximum Gasteiger partial charge on any atom is 0.255 e. The van der Waals surface area contributed by atoms with Gasteiger partial charge in [0.25, 0.3) is 5.91 Å². The van der Waals surface area contributed by atoms with Crippen LogP contribution in [0.15, 0.2) is 70.2 Å². The zero-order valence-electron chi connectivity index (χ0n) is 16.7. The minimum absolute atomic E-state index is 0.00108. The first-order valence-corrected chi connectivity index (χ1v) is 10.8. The molecular formula is C20H17FN6O4S. The zero-order valence-corrected chi connectivity index (χ0v) is 17.5. The molecule has 2 aromatic carbocycles. The van der Waals surface area contributed by atoms with Crippen LogP contribution in [0, 0.1) is 12.7 Å². The minimum atomic E-state index is -3.78. The number of hydrogen-bond acceptors (Lipinski definition) is 7. The average molecular weight is 456 g/mol. The van der Waals surface area contributed by atoms with Crippen molar-refractivity contribution in [2.75, 3.05) is 5.32 Å². The predicted molar refractivity (Wildman–Crippen MR) is 111 cm³/mol. The summed E-state index contributed by atoms with van der Waals surface area (Å²) in [5.41, 5.74) is 0.618. The molecular weight excluding hydrogens is 439 g/mol. The van der Waals surface area contributed by atoms with Crippen molar-refractivity contribution in [3.05, 3.63) is 83.8 Å². The van der Waals surface area contributed by atoms with Gasteiger partial charge in [-0.3, -0.25) is 4.79 Å². The van der Waals surface area contributed by atoms with Crippen molar-refractivity contribution in [2.45, 2.75) is 18.4 Å². The Morgan fingerprint density at radius 1 is 1.16 bits per heavy atom. The maximum absolute atomic E-state index is 14.2. The van der Waals surface area contributed by atoms with E-state index in [0.717, 1.165) is 0 Å². The first kappa shape index (κ1) is 21.3. The number of benzene rings is 2.